The van der Waals surface area contributed by atoms with Crippen LogP contribution < -0.4 is 10.3 Å². The molecule has 7 nitrogen and oxygen atoms in total. The number of hydrogen-bond acceptors (Lipinski definition) is 5. The largest absolute Gasteiger partial charge is 0.454 e. The maximum atomic E-state index is 12.0. The van der Waals surface area contributed by atoms with Gasteiger partial charge in [-0.1, -0.05) is 18.2 Å². The number of hydrogen-bond donors (Lipinski definition) is 0. The Kier molecular flexibility index (Phi) is 5.68. The van der Waals surface area contributed by atoms with Crippen LogP contribution in [0.2, 0.25) is 0 Å². The molecule has 0 aliphatic carbocycles. The predicted molar refractivity (Wildman–Crippen MR) is 125 cm³/mol. The fraction of sp³-hybridized carbons (Fsp3) is 0.269. The van der Waals surface area contributed by atoms with Crippen LogP contribution in [0.25, 0.3) is 22.2 Å². The molecule has 3 heterocycles. The van der Waals surface area contributed by atoms with E-state index in [9.17, 15) is 10.1 Å². The summed E-state index contributed by atoms with van der Waals surface area (Å²) < 4.78 is 15.5. The van der Waals surface area contributed by atoms with Gasteiger partial charge in [-0.05, 0) is 43.2 Å². The molecular formula is C26H24N4O3. The third kappa shape index (κ3) is 4.01. The van der Waals surface area contributed by atoms with E-state index in [1.807, 2.05) is 47.0 Å². The topological polar surface area (TPSA) is 82.1 Å². The second kappa shape index (κ2) is 8.93. The Labute approximate surface area is 191 Å². The van der Waals surface area contributed by atoms with Gasteiger partial charge in [0.2, 0.25) is 5.56 Å². The highest BCUT2D eigenvalue weighted by molar-refractivity contribution is 5.91. The van der Waals surface area contributed by atoms with Gasteiger partial charge in [0.15, 0.2) is 5.75 Å². The van der Waals surface area contributed by atoms with Gasteiger partial charge in [0, 0.05) is 49.6 Å². The molecule has 1 fully saturated rings. The maximum Gasteiger partial charge on any atom is 0.250 e. The van der Waals surface area contributed by atoms with Gasteiger partial charge in [-0.25, -0.2) is 4.98 Å². The number of fused-ring (bicyclic) bond motifs is 1. The second-order valence-electron chi connectivity index (χ2n) is 8.19. The van der Waals surface area contributed by atoms with E-state index in [0.717, 1.165) is 40.8 Å². The number of pyridine rings is 1. The average Bonchev–Trinajstić information content (AvgIpc) is 3.21. The van der Waals surface area contributed by atoms with Crippen molar-refractivity contribution in [1.29, 1.82) is 5.26 Å². The number of nitriles is 1. The van der Waals surface area contributed by atoms with Crippen LogP contribution in [0.3, 0.4) is 0 Å². The number of rotatable bonds is 5. The molecule has 2 aromatic carbocycles. The fourth-order valence-electron chi connectivity index (χ4n) is 4.40. The maximum absolute atomic E-state index is 12.0. The molecule has 166 valence electrons. The molecule has 4 aromatic rings. The highest BCUT2D eigenvalue weighted by Crippen LogP contribution is 2.41. The van der Waals surface area contributed by atoms with Crippen LogP contribution in [-0.2, 0) is 18.3 Å². The number of aryl methyl sites for hydroxylation is 1. The van der Waals surface area contributed by atoms with Crippen molar-refractivity contribution in [3.63, 3.8) is 0 Å². The Hall–Kier alpha value is -3.89. The number of aromatic nitrogens is 3. The van der Waals surface area contributed by atoms with Gasteiger partial charge in [0.1, 0.15) is 23.6 Å². The molecule has 5 rings (SSSR count). The van der Waals surface area contributed by atoms with E-state index >= 15 is 0 Å². The molecule has 0 amide bonds. The number of nitrogens with zero attached hydrogens (tertiary/aromatic N) is 4. The summed E-state index contributed by atoms with van der Waals surface area (Å²) in [6.45, 7) is 1.55. The van der Waals surface area contributed by atoms with E-state index in [0.29, 0.717) is 24.7 Å². The van der Waals surface area contributed by atoms with Crippen LogP contribution in [0.1, 0.15) is 24.6 Å². The molecule has 0 spiro atoms. The molecule has 0 unspecified atom stereocenters. The molecule has 1 aliphatic heterocycles. The lowest BCUT2D eigenvalue weighted by atomic mass is 9.99. The van der Waals surface area contributed by atoms with Crippen molar-refractivity contribution in [1.82, 2.24) is 14.1 Å². The quantitative estimate of drug-likeness (QED) is 0.453. The summed E-state index contributed by atoms with van der Waals surface area (Å²) in [6, 6.07) is 19.1. The van der Waals surface area contributed by atoms with Gasteiger partial charge < -0.3 is 18.6 Å². The molecule has 0 bridgehead atoms. The molecule has 1 aliphatic rings. The predicted octanol–water partition coefficient (Wildman–Crippen LogP) is 4.61. The third-order valence-corrected chi connectivity index (χ3v) is 6.07. The van der Waals surface area contributed by atoms with E-state index in [-0.39, 0.29) is 18.0 Å². The minimum absolute atomic E-state index is 0.0818. The molecule has 33 heavy (non-hydrogen) atoms. The van der Waals surface area contributed by atoms with Crippen molar-refractivity contribution in [2.75, 3.05) is 13.2 Å². The van der Waals surface area contributed by atoms with Crippen LogP contribution >= 0.6 is 0 Å². The Balaban J connectivity index is 1.76. The van der Waals surface area contributed by atoms with Crippen LogP contribution in [0.5, 0.6) is 11.5 Å². The second-order valence-corrected chi connectivity index (χ2v) is 8.19. The van der Waals surface area contributed by atoms with Crippen LogP contribution in [0.15, 0.2) is 65.6 Å². The van der Waals surface area contributed by atoms with E-state index in [4.69, 9.17) is 14.5 Å². The highest BCUT2D eigenvalue weighted by Gasteiger charge is 2.26. The lowest BCUT2D eigenvalue weighted by molar-refractivity contribution is 0.0830. The Bertz CT molecular complexity index is 1390. The summed E-state index contributed by atoms with van der Waals surface area (Å²) >= 11 is 0. The molecule has 0 N–H and O–H groups in total. The zero-order chi connectivity index (χ0) is 22.8. The first kappa shape index (κ1) is 21.0. The van der Waals surface area contributed by atoms with E-state index in [2.05, 4.69) is 6.07 Å². The van der Waals surface area contributed by atoms with Crippen molar-refractivity contribution in [3.05, 3.63) is 77.0 Å². The van der Waals surface area contributed by atoms with Crippen LogP contribution in [0.4, 0.5) is 0 Å². The van der Waals surface area contributed by atoms with Gasteiger partial charge in [-0.2, -0.15) is 5.26 Å². The summed E-state index contributed by atoms with van der Waals surface area (Å²) in [5, 5.41) is 9.65. The van der Waals surface area contributed by atoms with Crippen molar-refractivity contribution >= 4 is 11.0 Å². The Morgan fingerprint density at radius 1 is 1.12 bits per heavy atom. The molecule has 0 atom stereocenters. The summed E-state index contributed by atoms with van der Waals surface area (Å²) in [4.78, 5) is 16.9. The smallest absolute Gasteiger partial charge is 0.250 e. The number of benzene rings is 2. The third-order valence-electron chi connectivity index (χ3n) is 6.07. The van der Waals surface area contributed by atoms with Crippen molar-refractivity contribution in [3.8, 4) is 28.7 Å². The summed E-state index contributed by atoms with van der Waals surface area (Å²) in [5.41, 5.74) is 3.17. The molecule has 2 aromatic heterocycles. The standard InChI is InChI=1S/C26H24N4O3/c1-29-17-19(7-10-23(29)31)21-8-9-22-24(25(21)33-20-5-3-2-4-6-20)30(14-13-27)26(28-22)18-11-15-32-16-12-18/h2-10,17-18H,11-12,14-16H2,1H3. The minimum Gasteiger partial charge on any atom is -0.454 e. The number of para-hydroxylation sites is 1. The number of ether oxygens (including phenoxy) is 2. The zero-order valence-corrected chi connectivity index (χ0v) is 18.4. The first-order valence-electron chi connectivity index (χ1n) is 11.0. The normalized spacial score (nSPS) is 14.3. The first-order valence-corrected chi connectivity index (χ1v) is 11.0. The zero-order valence-electron chi connectivity index (χ0n) is 18.4. The summed E-state index contributed by atoms with van der Waals surface area (Å²) in [6.07, 6.45) is 3.54. The molecule has 1 saturated heterocycles. The lowest BCUT2D eigenvalue weighted by Crippen LogP contribution is -2.18. The van der Waals surface area contributed by atoms with Crippen molar-refractivity contribution < 1.29 is 9.47 Å². The Morgan fingerprint density at radius 3 is 2.64 bits per heavy atom. The fourth-order valence-corrected chi connectivity index (χ4v) is 4.40. The van der Waals surface area contributed by atoms with Gasteiger partial charge in [-0.15, -0.1) is 0 Å². The molecule has 0 saturated carbocycles. The van der Waals surface area contributed by atoms with Gasteiger partial charge in [0.05, 0.1) is 11.6 Å². The molecule has 0 radical (unpaired) electrons. The monoisotopic (exact) mass is 440 g/mol. The van der Waals surface area contributed by atoms with Gasteiger partial charge in [-0.3, -0.25) is 4.79 Å². The van der Waals surface area contributed by atoms with E-state index < -0.39 is 0 Å². The van der Waals surface area contributed by atoms with E-state index in [1.54, 1.807) is 29.9 Å². The average molecular weight is 441 g/mol. The van der Waals surface area contributed by atoms with Crippen LogP contribution in [-0.4, -0.2) is 27.3 Å². The van der Waals surface area contributed by atoms with Gasteiger partial charge >= 0.3 is 0 Å². The summed E-state index contributed by atoms with van der Waals surface area (Å²) in [5.74, 6) is 2.43. The van der Waals surface area contributed by atoms with E-state index in [1.165, 1.54) is 0 Å². The SMILES string of the molecule is Cn1cc(-c2ccc3nc(C4CCOCC4)n(CC#N)c3c2Oc2ccccc2)ccc1=O. The van der Waals surface area contributed by atoms with Crippen LogP contribution in [0, 0.1) is 11.3 Å². The lowest BCUT2D eigenvalue weighted by Gasteiger charge is -2.22. The van der Waals surface area contributed by atoms with Crippen molar-refractivity contribution in [2.24, 2.45) is 7.05 Å². The molecule has 7 heteroatoms. The first-order chi connectivity index (χ1) is 16.2. The highest BCUT2D eigenvalue weighted by atomic mass is 16.5. The molecular weight excluding hydrogens is 416 g/mol. The Morgan fingerprint density at radius 2 is 1.91 bits per heavy atom. The minimum atomic E-state index is -0.0818. The summed E-state index contributed by atoms with van der Waals surface area (Å²) in [7, 11) is 1.73. The van der Waals surface area contributed by atoms with Crippen molar-refractivity contribution in [2.45, 2.75) is 25.3 Å². The number of imidazole rings is 1. The van der Waals surface area contributed by atoms with Gasteiger partial charge in [0.25, 0.3) is 0 Å².